The van der Waals surface area contributed by atoms with Gasteiger partial charge in [0, 0.05) is 19.6 Å². The molecule has 1 saturated heterocycles. The van der Waals surface area contributed by atoms with Gasteiger partial charge in [-0.2, -0.15) is 0 Å². The van der Waals surface area contributed by atoms with Crippen LogP contribution < -0.4 is 5.32 Å². The smallest absolute Gasteiger partial charge is 0.145 e. The predicted octanol–water partition coefficient (Wildman–Crippen LogP) is 1.11. The van der Waals surface area contributed by atoms with E-state index in [4.69, 9.17) is 4.74 Å². The van der Waals surface area contributed by atoms with Crippen LogP contribution in [0, 0.1) is 0 Å². The van der Waals surface area contributed by atoms with Crippen LogP contribution in [-0.4, -0.2) is 36.9 Å². The minimum absolute atomic E-state index is 0.205. The van der Waals surface area contributed by atoms with Crippen molar-refractivity contribution in [2.24, 2.45) is 0 Å². The highest BCUT2D eigenvalue weighted by Gasteiger charge is 2.25. The van der Waals surface area contributed by atoms with Crippen molar-refractivity contribution in [1.82, 2.24) is 5.32 Å². The molecule has 4 heteroatoms. The van der Waals surface area contributed by atoms with Gasteiger partial charge < -0.3 is 10.1 Å². The van der Waals surface area contributed by atoms with Crippen LogP contribution in [0.3, 0.4) is 0 Å². The number of ether oxygens (including phenoxy) is 1. The van der Waals surface area contributed by atoms with Crippen molar-refractivity contribution in [3.63, 3.8) is 0 Å². The zero-order valence-corrected chi connectivity index (χ0v) is 9.47. The number of alkyl halides is 1. The molecule has 0 aromatic heterocycles. The van der Waals surface area contributed by atoms with E-state index in [9.17, 15) is 4.79 Å². The summed E-state index contributed by atoms with van der Waals surface area (Å²) in [6.45, 7) is 1.00. The first-order valence-electron chi connectivity index (χ1n) is 4.61. The standard InChI is InChI=1S/C9H16BrNO2/c1-13-9-3-2-4-11-8(9)5-7(12)6-10/h8-9,11H,2-6H2,1H3. The van der Waals surface area contributed by atoms with Gasteiger partial charge in [-0.15, -0.1) is 0 Å². The number of ketones is 1. The molecule has 1 fully saturated rings. The molecule has 1 aliphatic rings. The van der Waals surface area contributed by atoms with Crippen LogP contribution in [-0.2, 0) is 9.53 Å². The summed E-state index contributed by atoms with van der Waals surface area (Å²) in [6, 6.07) is 0.212. The lowest BCUT2D eigenvalue weighted by Gasteiger charge is -2.30. The Labute approximate surface area is 87.3 Å². The number of piperidine rings is 1. The molecule has 0 saturated carbocycles. The van der Waals surface area contributed by atoms with Gasteiger partial charge in [0.25, 0.3) is 0 Å². The average Bonchev–Trinajstić information content (AvgIpc) is 2.18. The van der Waals surface area contributed by atoms with Crippen LogP contribution >= 0.6 is 15.9 Å². The predicted molar refractivity (Wildman–Crippen MR) is 55.2 cm³/mol. The molecule has 76 valence electrons. The lowest BCUT2D eigenvalue weighted by molar-refractivity contribution is -0.118. The fraction of sp³-hybridized carbons (Fsp3) is 0.889. The molecule has 1 aliphatic heterocycles. The zero-order chi connectivity index (χ0) is 9.68. The zero-order valence-electron chi connectivity index (χ0n) is 7.88. The Bertz CT molecular complexity index is 175. The Morgan fingerprint density at radius 2 is 2.46 bits per heavy atom. The molecule has 13 heavy (non-hydrogen) atoms. The highest BCUT2D eigenvalue weighted by molar-refractivity contribution is 9.09. The van der Waals surface area contributed by atoms with Crippen molar-refractivity contribution in [2.75, 3.05) is 19.0 Å². The van der Waals surface area contributed by atoms with Crippen LogP contribution in [0.4, 0.5) is 0 Å². The third-order valence-electron chi connectivity index (χ3n) is 2.42. The topological polar surface area (TPSA) is 38.3 Å². The number of carbonyl (C=O) groups excluding carboxylic acids is 1. The second-order valence-corrected chi connectivity index (χ2v) is 3.91. The minimum atomic E-state index is 0.205. The molecule has 0 aliphatic carbocycles. The summed E-state index contributed by atoms with van der Waals surface area (Å²) in [5, 5.41) is 3.76. The summed E-state index contributed by atoms with van der Waals surface area (Å²) in [5.41, 5.74) is 0. The maximum Gasteiger partial charge on any atom is 0.145 e. The van der Waals surface area contributed by atoms with E-state index in [1.807, 2.05) is 0 Å². The Balaban J connectivity index is 2.40. The van der Waals surface area contributed by atoms with E-state index in [1.54, 1.807) is 7.11 Å². The molecule has 1 rings (SSSR count). The molecule has 0 aromatic rings. The molecule has 0 bridgehead atoms. The van der Waals surface area contributed by atoms with Gasteiger partial charge in [0.1, 0.15) is 5.78 Å². The second-order valence-electron chi connectivity index (χ2n) is 3.35. The highest BCUT2D eigenvalue weighted by atomic mass is 79.9. The van der Waals surface area contributed by atoms with Gasteiger partial charge in [0.2, 0.25) is 0 Å². The summed E-state index contributed by atoms with van der Waals surface area (Å²) < 4.78 is 5.32. The van der Waals surface area contributed by atoms with Crippen LogP contribution in [0.15, 0.2) is 0 Å². The lowest BCUT2D eigenvalue weighted by Crippen LogP contribution is -2.46. The van der Waals surface area contributed by atoms with E-state index >= 15 is 0 Å². The lowest BCUT2D eigenvalue weighted by atomic mass is 9.97. The molecular formula is C9H16BrNO2. The number of nitrogens with one attached hydrogen (secondary N) is 1. The number of hydrogen-bond donors (Lipinski definition) is 1. The maximum absolute atomic E-state index is 11.2. The Kier molecular flexibility index (Phi) is 4.91. The quantitative estimate of drug-likeness (QED) is 0.759. The molecule has 0 radical (unpaired) electrons. The molecule has 0 spiro atoms. The summed E-state index contributed by atoms with van der Waals surface area (Å²) in [6.07, 6.45) is 2.97. The Hall–Kier alpha value is 0.0700. The molecular weight excluding hydrogens is 234 g/mol. The Morgan fingerprint density at radius 3 is 3.08 bits per heavy atom. The first-order chi connectivity index (χ1) is 6.27. The third-order valence-corrected chi connectivity index (χ3v) is 3.05. The molecule has 0 aromatic carbocycles. The van der Waals surface area contributed by atoms with Crippen LogP contribution in [0.1, 0.15) is 19.3 Å². The van der Waals surface area contributed by atoms with Gasteiger partial charge in [-0.05, 0) is 19.4 Å². The summed E-state index contributed by atoms with van der Waals surface area (Å²) in [5.74, 6) is 0.237. The SMILES string of the molecule is COC1CCCNC1CC(=O)CBr. The number of carbonyl (C=O) groups is 1. The van der Waals surface area contributed by atoms with Gasteiger partial charge in [0.15, 0.2) is 0 Å². The first-order valence-corrected chi connectivity index (χ1v) is 5.74. The average molecular weight is 250 g/mol. The molecule has 1 heterocycles. The number of methoxy groups -OCH3 is 1. The van der Waals surface area contributed by atoms with Crippen LogP contribution in [0.2, 0.25) is 0 Å². The molecule has 2 unspecified atom stereocenters. The fourth-order valence-corrected chi connectivity index (χ4v) is 1.94. The largest absolute Gasteiger partial charge is 0.380 e. The maximum atomic E-state index is 11.2. The molecule has 0 amide bonds. The molecule has 3 nitrogen and oxygen atoms in total. The fourth-order valence-electron chi connectivity index (χ4n) is 1.71. The van der Waals surface area contributed by atoms with Gasteiger partial charge in [-0.25, -0.2) is 0 Å². The van der Waals surface area contributed by atoms with Crippen molar-refractivity contribution < 1.29 is 9.53 Å². The van der Waals surface area contributed by atoms with Gasteiger partial charge >= 0.3 is 0 Å². The Morgan fingerprint density at radius 1 is 1.69 bits per heavy atom. The van der Waals surface area contributed by atoms with Crippen molar-refractivity contribution in [3.8, 4) is 0 Å². The second kappa shape index (κ2) is 5.73. The van der Waals surface area contributed by atoms with Crippen molar-refractivity contribution in [1.29, 1.82) is 0 Å². The number of halogens is 1. The third kappa shape index (κ3) is 3.37. The van der Waals surface area contributed by atoms with E-state index in [0.29, 0.717) is 11.8 Å². The monoisotopic (exact) mass is 249 g/mol. The normalized spacial score (nSPS) is 28.8. The van der Waals surface area contributed by atoms with Gasteiger partial charge in [-0.3, -0.25) is 4.79 Å². The van der Waals surface area contributed by atoms with E-state index in [0.717, 1.165) is 19.4 Å². The molecule has 2 atom stereocenters. The van der Waals surface area contributed by atoms with E-state index in [2.05, 4.69) is 21.2 Å². The van der Waals surface area contributed by atoms with Crippen molar-refractivity contribution >= 4 is 21.7 Å². The van der Waals surface area contributed by atoms with Crippen LogP contribution in [0.5, 0.6) is 0 Å². The highest BCUT2D eigenvalue weighted by Crippen LogP contribution is 2.14. The van der Waals surface area contributed by atoms with Crippen molar-refractivity contribution in [3.05, 3.63) is 0 Å². The van der Waals surface area contributed by atoms with Gasteiger partial charge in [0.05, 0.1) is 11.4 Å². The number of rotatable bonds is 4. The van der Waals surface area contributed by atoms with Gasteiger partial charge in [-0.1, -0.05) is 15.9 Å². The summed E-state index contributed by atoms with van der Waals surface area (Å²) in [7, 11) is 1.71. The van der Waals surface area contributed by atoms with Crippen LogP contribution in [0.25, 0.3) is 0 Å². The van der Waals surface area contributed by atoms with E-state index < -0.39 is 0 Å². The summed E-state index contributed by atoms with van der Waals surface area (Å²) >= 11 is 3.17. The van der Waals surface area contributed by atoms with E-state index in [-0.39, 0.29) is 17.9 Å². The number of Topliss-reactive ketones (excluding diaryl/α,β-unsaturated/α-hetero) is 1. The minimum Gasteiger partial charge on any atom is -0.380 e. The van der Waals surface area contributed by atoms with E-state index in [1.165, 1.54) is 0 Å². The first kappa shape index (κ1) is 11.1. The van der Waals surface area contributed by atoms with Crippen molar-refractivity contribution in [2.45, 2.75) is 31.4 Å². The summed E-state index contributed by atoms with van der Waals surface area (Å²) in [4.78, 5) is 11.2. The molecule has 1 N–H and O–H groups in total. The number of hydrogen-bond acceptors (Lipinski definition) is 3.